The van der Waals surface area contributed by atoms with Crippen LogP contribution >= 0.6 is 0 Å². The maximum absolute atomic E-state index is 13.6. The Balaban J connectivity index is 1.89. The molecule has 172 valence electrons. The summed E-state index contributed by atoms with van der Waals surface area (Å²) in [5.41, 5.74) is 2.35. The molecule has 0 N–H and O–H groups in total. The van der Waals surface area contributed by atoms with Gasteiger partial charge in [-0.2, -0.15) is 0 Å². The molecule has 1 heterocycles. The topological polar surface area (TPSA) is 49.9 Å². The van der Waals surface area contributed by atoms with E-state index in [-0.39, 0.29) is 17.9 Å². The molecule has 0 spiro atoms. The predicted molar refractivity (Wildman–Crippen MR) is 126 cm³/mol. The van der Waals surface area contributed by atoms with Crippen LogP contribution in [0, 0.1) is 5.41 Å². The highest BCUT2D eigenvalue weighted by Gasteiger charge is 2.39. The molecule has 2 aliphatic rings. The van der Waals surface area contributed by atoms with Crippen LogP contribution in [-0.4, -0.2) is 49.1 Å². The van der Waals surface area contributed by atoms with Crippen molar-refractivity contribution in [2.75, 3.05) is 25.2 Å². The van der Waals surface area contributed by atoms with E-state index in [1.54, 1.807) is 7.11 Å². The lowest BCUT2D eigenvalue weighted by Crippen LogP contribution is -2.47. The van der Waals surface area contributed by atoms with Gasteiger partial charge in [-0.05, 0) is 63.6 Å². The molecule has 1 fully saturated rings. The van der Waals surface area contributed by atoms with E-state index in [1.165, 1.54) is 19.3 Å². The number of nitrogens with zero attached hydrogens (tertiary/aromatic N) is 2. The minimum atomic E-state index is -0.425. The number of amides is 2. The van der Waals surface area contributed by atoms with E-state index in [2.05, 4.69) is 24.8 Å². The molecular weight excluding hydrogens is 388 g/mol. The fraction of sp³-hybridized carbons (Fsp3) is 0.692. The molecule has 1 aromatic carbocycles. The van der Waals surface area contributed by atoms with Crippen molar-refractivity contribution >= 4 is 17.5 Å². The number of fused-ring (bicyclic) bond motifs is 1. The molecule has 5 heteroatoms. The zero-order chi connectivity index (χ0) is 22.6. The fourth-order valence-electron chi connectivity index (χ4n) is 5.19. The molecule has 1 aliphatic carbocycles. The van der Waals surface area contributed by atoms with Gasteiger partial charge in [-0.15, -0.1) is 0 Å². The smallest absolute Gasteiger partial charge is 0.254 e. The Kier molecular flexibility index (Phi) is 7.79. The average molecular weight is 429 g/mol. The number of rotatable bonds is 8. The van der Waals surface area contributed by atoms with Crippen LogP contribution in [0.1, 0.15) is 88.6 Å². The molecule has 0 radical (unpaired) electrons. The van der Waals surface area contributed by atoms with Gasteiger partial charge < -0.3 is 14.5 Å². The number of hydrogen-bond acceptors (Lipinski definition) is 3. The van der Waals surface area contributed by atoms with E-state index in [0.717, 1.165) is 36.9 Å². The normalized spacial score (nSPS) is 18.9. The van der Waals surface area contributed by atoms with Crippen LogP contribution in [0.3, 0.4) is 0 Å². The number of benzene rings is 1. The Labute approximate surface area is 188 Å². The van der Waals surface area contributed by atoms with Crippen molar-refractivity contribution in [3.05, 3.63) is 29.3 Å². The van der Waals surface area contributed by atoms with Crippen molar-refractivity contribution in [2.45, 2.75) is 91.1 Å². The number of unbranched alkanes of at least 4 members (excludes halogenated alkanes) is 1. The van der Waals surface area contributed by atoms with Crippen molar-refractivity contribution < 1.29 is 14.3 Å². The Morgan fingerprint density at radius 1 is 1.19 bits per heavy atom. The van der Waals surface area contributed by atoms with Gasteiger partial charge in [-0.25, -0.2) is 0 Å². The quantitative estimate of drug-likeness (QED) is 0.534. The maximum Gasteiger partial charge on any atom is 0.254 e. The van der Waals surface area contributed by atoms with Gasteiger partial charge in [-0.1, -0.05) is 39.2 Å². The van der Waals surface area contributed by atoms with Gasteiger partial charge in [0.2, 0.25) is 5.91 Å². The van der Waals surface area contributed by atoms with Crippen LogP contribution in [-0.2, 0) is 16.0 Å². The van der Waals surface area contributed by atoms with Gasteiger partial charge >= 0.3 is 0 Å². The summed E-state index contributed by atoms with van der Waals surface area (Å²) in [7, 11) is 1.70. The van der Waals surface area contributed by atoms with Crippen molar-refractivity contribution in [1.82, 2.24) is 4.90 Å². The Morgan fingerprint density at radius 3 is 2.55 bits per heavy atom. The zero-order valence-electron chi connectivity index (χ0n) is 20.1. The number of methoxy groups -OCH3 is 1. The molecule has 31 heavy (non-hydrogen) atoms. The lowest BCUT2D eigenvalue weighted by Gasteiger charge is -2.40. The second-order valence-electron chi connectivity index (χ2n) is 10.2. The predicted octanol–water partition coefficient (Wildman–Crippen LogP) is 5.21. The Morgan fingerprint density at radius 2 is 1.90 bits per heavy atom. The number of hydrogen-bond donors (Lipinski definition) is 0. The van der Waals surface area contributed by atoms with E-state index in [0.29, 0.717) is 31.2 Å². The molecule has 0 saturated heterocycles. The number of ether oxygens (including phenoxy) is 1. The van der Waals surface area contributed by atoms with Gasteiger partial charge in [0.15, 0.2) is 0 Å². The minimum absolute atomic E-state index is 0.0984. The molecular formula is C26H40N2O3. The monoisotopic (exact) mass is 428 g/mol. The van der Waals surface area contributed by atoms with E-state index >= 15 is 0 Å². The van der Waals surface area contributed by atoms with Gasteiger partial charge in [0, 0.05) is 49.0 Å². The van der Waals surface area contributed by atoms with Gasteiger partial charge in [0.25, 0.3) is 5.91 Å². The highest BCUT2D eigenvalue weighted by molar-refractivity contribution is 6.02. The SMILES string of the molecule is COCCCCN1C(=O)C(C)(C)Cc2ccc(C(=O)N(C(C)C)C3CCCCC3)cc21. The summed E-state index contributed by atoms with van der Waals surface area (Å²) in [6.07, 6.45) is 8.35. The third-order valence-corrected chi connectivity index (χ3v) is 6.82. The number of anilines is 1. The third kappa shape index (κ3) is 5.31. The standard InChI is InChI=1S/C26H40N2O3/c1-19(2)28(22-11-7-6-8-12-22)24(29)20-13-14-21-18-26(3,4)25(30)27(23(21)17-20)15-9-10-16-31-5/h13-14,17,19,22H,6-12,15-16,18H2,1-5H3. The van der Waals surface area contributed by atoms with Crippen LogP contribution in [0.5, 0.6) is 0 Å². The Bertz CT molecular complexity index is 781. The molecule has 0 atom stereocenters. The van der Waals surface area contributed by atoms with Crippen LogP contribution < -0.4 is 4.90 Å². The molecule has 0 bridgehead atoms. The summed E-state index contributed by atoms with van der Waals surface area (Å²) in [6.45, 7) is 9.61. The molecule has 1 aliphatic heterocycles. The highest BCUT2D eigenvalue weighted by Crippen LogP contribution is 2.38. The first-order valence-electron chi connectivity index (χ1n) is 12.0. The fourth-order valence-corrected chi connectivity index (χ4v) is 5.19. The second-order valence-corrected chi connectivity index (χ2v) is 10.2. The first-order valence-corrected chi connectivity index (χ1v) is 12.0. The summed E-state index contributed by atoms with van der Waals surface area (Å²) >= 11 is 0. The van der Waals surface area contributed by atoms with Crippen molar-refractivity contribution in [2.24, 2.45) is 5.41 Å². The minimum Gasteiger partial charge on any atom is -0.385 e. The van der Waals surface area contributed by atoms with E-state index in [4.69, 9.17) is 4.74 Å². The lowest BCUT2D eigenvalue weighted by atomic mass is 9.79. The summed E-state index contributed by atoms with van der Waals surface area (Å²) in [5, 5.41) is 0. The second kappa shape index (κ2) is 10.2. The van der Waals surface area contributed by atoms with Crippen molar-refractivity contribution in [3.63, 3.8) is 0 Å². The molecule has 1 aromatic rings. The van der Waals surface area contributed by atoms with E-state index in [1.807, 2.05) is 30.9 Å². The van der Waals surface area contributed by atoms with Crippen LogP contribution in [0.25, 0.3) is 0 Å². The van der Waals surface area contributed by atoms with E-state index < -0.39 is 5.41 Å². The summed E-state index contributed by atoms with van der Waals surface area (Å²) < 4.78 is 5.17. The highest BCUT2D eigenvalue weighted by atomic mass is 16.5. The van der Waals surface area contributed by atoms with Crippen LogP contribution in [0.2, 0.25) is 0 Å². The lowest BCUT2D eigenvalue weighted by molar-refractivity contribution is -0.127. The number of carbonyl (C=O) groups excluding carboxylic acids is 2. The molecule has 3 rings (SSSR count). The zero-order valence-corrected chi connectivity index (χ0v) is 20.1. The van der Waals surface area contributed by atoms with Crippen molar-refractivity contribution in [1.29, 1.82) is 0 Å². The first kappa shape index (κ1) is 23.8. The molecule has 1 saturated carbocycles. The van der Waals surface area contributed by atoms with Gasteiger partial charge in [0.05, 0.1) is 0 Å². The first-order chi connectivity index (χ1) is 14.8. The van der Waals surface area contributed by atoms with Crippen LogP contribution in [0.15, 0.2) is 18.2 Å². The largest absolute Gasteiger partial charge is 0.385 e. The van der Waals surface area contributed by atoms with Crippen LogP contribution in [0.4, 0.5) is 5.69 Å². The average Bonchev–Trinajstić information content (AvgIpc) is 2.73. The Hall–Kier alpha value is -1.88. The molecule has 2 amide bonds. The van der Waals surface area contributed by atoms with Gasteiger partial charge in [0.1, 0.15) is 0 Å². The molecule has 0 unspecified atom stereocenters. The molecule has 0 aromatic heterocycles. The van der Waals surface area contributed by atoms with E-state index in [9.17, 15) is 9.59 Å². The number of carbonyl (C=O) groups is 2. The third-order valence-electron chi connectivity index (χ3n) is 6.82. The summed E-state index contributed by atoms with van der Waals surface area (Å²) in [5.74, 6) is 0.247. The van der Waals surface area contributed by atoms with Gasteiger partial charge in [-0.3, -0.25) is 9.59 Å². The molecule has 5 nitrogen and oxygen atoms in total. The maximum atomic E-state index is 13.6. The van der Waals surface area contributed by atoms with Crippen molar-refractivity contribution in [3.8, 4) is 0 Å². The summed E-state index contributed by atoms with van der Waals surface area (Å²) in [4.78, 5) is 30.8. The summed E-state index contributed by atoms with van der Waals surface area (Å²) in [6, 6.07) is 6.49.